The number of carbonyl (C=O) groups excluding carboxylic acids is 2. The topological polar surface area (TPSA) is 86.7 Å². The Morgan fingerprint density at radius 2 is 2.00 bits per heavy atom. The van der Waals surface area contributed by atoms with Crippen LogP contribution in [0.25, 0.3) is 0 Å². The number of carboxylic acids is 1. The van der Waals surface area contributed by atoms with Crippen molar-refractivity contribution in [3.05, 3.63) is 0 Å². The Morgan fingerprint density at radius 1 is 1.29 bits per heavy atom. The highest BCUT2D eigenvalue weighted by Crippen LogP contribution is 2.12. The van der Waals surface area contributed by atoms with Gasteiger partial charge < -0.3 is 15.3 Å². The fraction of sp³-hybridized carbons (Fsp3) is 0.800. The molecule has 0 bridgehead atoms. The first kappa shape index (κ1) is 17.5. The van der Waals surface area contributed by atoms with Crippen LogP contribution in [0.4, 0.5) is 0 Å². The van der Waals surface area contributed by atoms with Crippen LogP contribution in [0.15, 0.2) is 0 Å². The van der Waals surface area contributed by atoms with Crippen LogP contribution in [0.2, 0.25) is 0 Å². The molecule has 1 aliphatic heterocycles. The molecular formula is C15H26N2O4. The van der Waals surface area contributed by atoms with Gasteiger partial charge in [0.15, 0.2) is 0 Å². The molecule has 120 valence electrons. The van der Waals surface area contributed by atoms with Gasteiger partial charge in [-0.05, 0) is 25.2 Å². The van der Waals surface area contributed by atoms with Crippen LogP contribution < -0.4 is 5.32 Å². The van der Waals surface area contributed by atoms with Gasteiger partial charge in [-0.3, -0.25) is 14.4 Å². The van der Waals surface area contributed by atoms with Crippen molar-refractivity contribution in [2.24, 2.45) is 11.8 Å². The van der Waals surface area contributed by atoms with Gasteiger partial charge in [-0.25, -0.2) is 0 Å². The zero-order valence-electron chi connectivity index (χ0n) is 12.9. The summed E-state index contributed by atoms with van der Waals surface area (Å²) in [6.45, 7) is 4.67. The molecule has 1 saturated heterocycles. The van der Waals surface area contributed by atoms with Gasteiger partial charge in [0.05, 0.1) is 12.5 Å². The molecule has 0 saturated carbocycles. The lowest BCUT2D eigenvalue weighted by Crippen LogP contribution is -2.42. The maximum atomic E-state index is 11.9. The van der Waals surface area contributed by atoms with Crippen molar-refractivity contribution in [3.63, 3.8) is 0 Å². The van der Waals surface area contributed by atoms with Crippen molar-refractivity contribution in [2.45, 2.75) is 46.0 Å². The average Bonchev–Trinajstić information content (AvgIpc) is 2.59. The summed E-state index contributed by atoms with van der Waals surface area (Å²) in [5.41, 5.74) is 0. The van der Waals surface area contributed by atoms with E-state index < -0.39 is 11.9 Å². The molecule has 0 spiro atoms. The molecule has 0 aromatic carbocycles. The highest BCUT2D eigenvalue weighted by Gasteiger charge is 2.22. The summed E-state index contributed by atoms with van der Waals surface area (Å²) in [6, 6.07) is 0. The van der Waals surface area contributed by atoms with E-state index in [4.69, 9.17) is 5.11 Å². The highest BCUT2D eigenvalue weighted by molar-refractivity contribution is 5.85. The Balaban J connectivity index is 2.41. The minimum Gasteiger partial charge on any atom is -0.481 e. The summed E-state index contributed by atoms with van der Waals surface area (Å²) in [6.07, 6.45) is 3.84. The maximum absolute atomic E-state index is 11.9. The van der Waals surface area contributed by atoms with Crippen molar-refractivity contribution in [3.8, 4) is 0 Å². The van der Waals surface area contributed by atoms with Crippen molar-refractivity contribution in [1.82, 2.24) is 10.2 Å². The summed E-state index contributed by atoms with van der Waals surface area (Å²) < 4.78 is 0. The fourth-order valence-electron chi connectivity index (χ4n) is 2.51. The summed E-state index contributed by atoms with van der Waals surface area (Å²) in [4.78, 5) is 36.4. The molecule has 2 N–H and O–H groups in total. The van der Waals surface area contributed by atoms with Gasteiger partial charge in [0.25, 0.3) is 0 Å². The summed E-state index contributed by atoms with van der Waals surface area (Å²) >= 11 is 0. The van der Waals surface area contributed by atoms with E-state index in [1.807, 2.05) is 13.8 Å². The molecule has 21 heavy (non-hydrogen) atoms. The third-order valence-electron chi connectivity index (χ3n) is 3.66. The summed E-state index contributed by atoms with van der Waals surface area (Å²) in [5.74, 6) is -1.47. The summed E-state index contributed by atoms with van der Waals surface area (Å²) in [5, 5.41) is 11.8. The second kappa shape index (κ2) is 8.64. The van der Waals surface area contributed by atoms with E-state index in [-0.39, 0.29) is 30.8 Å². The first-order valence-corrected chi connectivity index (χ1v) is 7.67. The number of carboxylic acid groups (broad SMARTS) is 1. The lowest BCUT2D eigenvalue weighted by Gasteiger charge is -2.21. The number of likely N-dealkylation sites (tertiary alicyclic amines) is 1. The summed E-state index contributed by atoms with van der Waals surface area (Å²) in [7, 11) is 0. The zero-order chi connectivity index (χ0) is 15.8. The van der Waals surface area contributed by atoms with Crippen molar-refractivity contribution >= 4 is 17.8 Å². The second-order valence-corrected chi connectivity index (χ2v) is 6.09. The average molecular weight is 298 g/mol. The molecule has 1 atom stereocenters. The molecule has 0 aromatic rings. The lowest BCUT2D eigenvalue weighted by atomic mass is 9.97. The van der Waals surface area contributed by atoms with Crippen LogP contribution >= 0.6 is 0 Å². The Labute approximate surface area is 125 Å². The van der Waals surface area contributed by atoms with E-state index in [1.54, 1.807) is 4.90 Å². The van der Waals surface area contributed by atoms with E-state index in [0.717, 1.165) is 19.3 Å². The zero-order valence-corrected chi connectivity index (χ0v) is 12.9. The van der Waals surface area contributed by atoms with Crippen molar-refractivity contribution in [2.75, 3.05) is 19.6 Å². The molecule has 1 unspecified atom stereocenters. The maximum Gasteiger partial charge on any atom is 0.308 e. The van der Waals surface area contributed by atoms with Gasteiger partial charge in [-0.1, -0.05) is 20.3 Å². The van der Waals surface area contributed by atoms with E-state index in [0.29, 0.717) is 19.4 Å². The van der Waals surface area contributed by atoms with Gasteiger partial charge in [0.2, 0.25) is 11.8 Å². The number of nitrogens with one attached hydrogen (secondary N) is 1. The minimum absolute atomic E-state index is 0.0135. The number of rotatable bonds is 7. The van der Waals surface area contributed by atoms with E-state index in [9.17, 15) is 14.4 Å². The van der Waals surface area contributed by atoms with Crippen LogP contribution in [-0.2, 0) is 14.4 Å². The number of hydrogen-bond acceptors (Lipinski definition) is 3. The van der Waals surface area contributed by atoms with Crippen molar-refractivity contribution < 1.29 is 19.5 Å². The van der Waals surface area contributed by atoms with Gasteiger partial charge >= 0.3 is 5.97 Å². The number of nitrogens with zero attached hydrogens (tertiary/aromatic N) is 1. The molecule has 0 aliphatic carbocycles. The van der Waals surface area contributed by atoms with Gasteiger partial charge in [0, 0.05) is 19.5 Å². The number of hydrogen-bond donors (Lipinski definition) is 2. The number of carbonyl (C=O) groups is 3. The monoisotopic (exact) mass is 298 g/mol. The van der Waals surface area contributed by atoms with Gasteiger partial charge in [-0.2, -0.15) is 0 Å². The SMILES string of the molecule is CC(C)CC(CNC(=O)CN1CCCCCC1=O)C(=O)O. The molecule has 1 heterocycles. The fourth-order valence-corrected chi connectivity index (χ4v) is 2.51. The quantitative estimate of drug-likeness (QED) is 0.740. The largest absolute Gasteiger partial charge is 0.481 e. The molecule has 6 heteroatoms. The predicted octanol–water partition coefficient (Wildman–Crippen LogP) is 1.25. The molecule has 0 radical (unpaired) electrons. The van der Waals surface area contributed by atoms with Gasteiger partial charge in [-0.15, -0.1) is 0 Å². The third kappa shape index (κ3) is 6.60. The number of amides is 2. The second-order valence-electron chi connectivity index (χ2n) is 6.09. The van der Waals surface area contributed by atoms with E-state index >= 15 is 0 Å². The molecule has 6 nitrogen and oxygen atoms in total. The lowest BCUT2D eigenvalue weighted by molar-refractivity contribution is -0.142. The smallest absolute Gasteiger partial charge is 0.308 e. The highest BCUT2D eigenvalue weighted by atomic mass is 16.4. The molecule has 1 rings (SSSR count). The molecular weight excluding hydrogens is 272 g/mol. The Hall–Kier alpha value is -1.59. The Kier molecular flexibility index (Phi) is 7.19. The Morgan fingerprint density at radius 3 is 2.62 bits per heavy atom. The molecule has 1 aliphatic rings. The van der Waals surface area contributed by atoms with Crippen LogP contribution in [0.5, 0.6) is 0 Å². The van der Waals surface area contributed by atoms with E-state index in [2.05, 4.69) is 5.32 Å². The van der Waals surface area contributed by atoms with Crippen molar-refractivity contribution in [1.29, 1.82) is 0 Å². The first-order chi connectivity index (χ1) is 9.90. The van der Waals surface area contributed by atoms with Crippen LogP contribution in [-0.4, -0.2) is 47.4 Å². The normalized spacial score (nSPS) is 17.5. The molecule has 0 aromatic heterocycles. The van der Waals surface area contributed by atoms with Gasteiger partial charge in [0.1, 0.15) is 0 Å². The number of aliphatic carboxylic acids is 1. The predicted molar refractivity (Wildman–Crippen MR) is 78.6 cm³/mol. The molecule has 1 fully saturated rings. The van der Waals surface area contributed by atoms with Crippen LogP contribution in [0.3, 0.4) is 0 Å². The Bertz CT molecular complexity index is 382. The van der Waals surface area contributed by atoms with Crippen LogP contribution in [0.1, 0.15) is 46.0 Å². The molecule has 2 amide bonds. The van der Waals surface area contributed by atoms with E-state index in [1.165, 1.54) is 0 Å². The first-order valence-electron chi connectivity index (χ1n) is 7.67. The van der Waals surface area contributed by atoms with Crippen LogP contribution in [0, 0.1) is 11.8 Å². The minimum atomic E-state index is -0.894. The third-order valence-corrected chi connectivity index (χ3v) is 3.66. The standard InChI is InChI=1S/C15H26N2O4/c1-11(2)8-12(15(20)21)9-16-13(18)10-17-7-5-3-4-6-14(17)19/h11-12H,3-10H2,1-2H3,(H,16,18)(H,20,21).